The van der Waals surface area contributed by atoms with E-state index >= 15 is 0 Å². The minimum atomic E-state index is -4.65. The van der Waals surface area contributed by atoms with E-state index in [1.807, 2.05) is 6.92 Å². The fourth-order valence-electron chi connectivity index (χ4n) is 2.19. The SMILES string of the molecule is CCCCCCCC(C)Nc1cccc(OC(F)(F)F)c1. The normalized spacial score (nSPS) is 13.0. The lowest BCUT2D eigenvalue weighted by atomic mass is 10.1. The Kier molecular flexibility index (Phi) is 7.40. The summed E-state index contributed by atoms with van der Waals surface area (Å²) in [5.41, 5.74) is 0.651. The first-order valence-electron chi connectivity index (χ1n) is 7.53. The number of nitrogens with one attached hydrogen (secondary N) is 1. The molecule has 0 amide bonds. The molecule has 1 aromatic rings. The van der Waals surface area contributed by atoms with E-state index in [0.29, 0.717) is 5.69 Å². The van der Waals surface area contributed by atoms with E-state index in [9.17, 15) is 13.2 Å². The molecule has 1 atom stereocenters. The summed E-state index contributed by atoms with van der Waals surface area (Å²) < 4.78 is 40.4. The molecule has 0 saturated heterocycles. The third-order valence-corrected chi connectivity index (χ3v) is 3.22. The second-order valence-corrected chi connectivity index (χ2v) is 5.32. The molecule has 0 heterocycles. The van der Waals surface area contributed by atoms with Crippen molar-refractivity contribution in [3.63, 3.8) is 0 Å². The Labute approximate surface area is 124 Å². The predicted molar refractivity (Wildman–Crippen MR) is 79.6 cm³/mol. The smallest absolute Gasteiger partial charge is 0.406 e. The van der Waals surface area contributed by atoms with Gasteiger partial charge in [0.25, 0.3) is 0 Å². The molecule has 0 aliphatic heterocycles. The highest BCUT2D eigenvalue weighted by atomic mass is 19.4. The van der Waals surface area contributed by atoms with Crippen LogP contribution in [0, 0.1) is 0 Å². The van der Waals surface area contributed by atoms with E-state index in [2.05, 4.69) is 17.0 Å². The van der Waals surface area contributed by atoms with Crippen LogP contribution in [0.2, 0.25) is 0 Å². The largest absolute Gasteiger partial charge is 0.573 e. The van der Waals surface area contributed by atoms with E-state index in [1.54, 1.807) is 12.1 Å². The van der Waals surface area contributed by atoms with Crippen LogP contribution in [-0.4, -0.2) is 12.4 Å². The van der Waals surface area contributed by atoms with Crippen LogP contribution in [0.4, 0.5) is 18.9 Å². The molecule has 0 fully saturated rings. The van der Waals surface area contributed by atoms with Crippen LogP contribution in [0.25, 0.3) is 0 Å². The number of anilines is 1. The number of unbranched alkanes of at least 4 members (excludes halogenated alkanes) is 4. The van der Waals surface area contributed by atoms with Crippen molar-refractivity contribution in [3.05, 3.63) is 24.3 Å². The number of hydrogen-bond donors (Lipinski definition) is 1. The Hall–Kier alpha value is -1.39. The van der Waals surface area contributed by atoms with Crippen molar-refractivity contribution in [2.45, 2.75) is 64.8 Å². The summed E-state index contributed by atoms with van der Waals surface area (Å²) in [6, 6.07) is 6.20. The maximum atomic E-state index is 12.2. The monoisotopic (exact) mass is 303 g/mol. The Morgan fingerprint density at radius 1 is 1.14 bits per heavy atom. The fraction of sp³-hybridized carbons (Fsp3) is 0.625. The summed E-state index contributed by atoms with van der Waals surface area (Å²) in [7, 11) is 0. The van der Waals surface area contributed by atoms with Gasteiger partial charge >= 0.3 is 6.36 Å². The van der Waals surface area contributed by atoms with Crippen molar-refractivity contribution >= 4 is 5.69 Å². The van der Waals surface area contributed by atoms with Crippen LogP contribution >= 0.6 is 0 Å². The zero-order valence-corrected chi connectivity index (χ0v) is 12.7. The number of halogens is 3. The fourth-order valence-corrected chi connectivity index (χ4v) is 2.19. The summed E-state index contributed by atoms with van der Waals surface area (Å²) in [4.78, 5) is 0. The molecular formula is C16H24F3NO. The summed E-state index contributed by atoms with van der Waals surface area (Å²) in [6.07, 6.45) is 2.43. The molecule has 2 nitrogen and oxygen atoms in total. The van der Waals surface area contributed by atoms with Gasteiger partial charge in [-0.05, 0) is 25.5 Å². The van der Waals surface area contributed by atoms with Gasteiger partial charge in [-0.3, -0.25) is 0 Å². The first-order chi connectivity index (χ1) is 9.90. The predicted octanol–water partition coefficient (Wildman–Crippen LogP) is 5.75. The van der Waals surface area contributed by atoms with Crippen molar-refractivity contribution in [3.8, 4) is 5.75 Å². The minimum absolute atomic E-state index is 0.192. The van der Waals surface area contributed by atoms with Crippen molar-refractivity contribution < 1.29 is 17.9 Å². The summed E-state index contributed by atoms with van der Waals surface area (Å²) in [5.74, 6) is -0.192. The van der Waals surface area contributed by atoms with Gasteiger partial charge in [0.1, 0.15) is 5.75 Å². The minimum Gasteiger partial charge on any atom is -0.406 e. The molecule has 0 radical (unpaired) electrons. The lowest BCUT2D eigenvalue weighted by molar-refractivity contribution is -0.274. The molecular weight excluding hydrogens is 279 g/mol. The molecule has 1 N–H and O–H groups in total. The summed E-state index contributed by atoms with van der Waals surface area (Å²) >= 11 is 0. The van der Waals surface area contributed by atoms with Crippen LogP contribution in [0.15, 0.2) is 24.3 Å². The highest BCUT2D eigenvalue weighted by molar-refractivity contribution is 5.48. The Bertz CT molecular complexity index is 407. The van der Waals surface area contributed by atoms with E-state index in [1.165, 1.54) is 37.8 Å². The van der Waals surface area contributed by atoms with Gasteiger partial charge in [0, 0.05) is 17.8 Å². The third kappa shape index (κ3) is 8.48. The van der Waals surface area contributed by atoms with Gasteiger partial charge < -0.3 is 10.1 Å². The van der Waals surface area contributed by atoms with Gasteiger partial charge in [0.2, 0.25) is 0 Å². The highest BCUT2D eigenvalue weighted by Crippen LogP contribution is 2.25. The molecule has 0 aliphatic carbocycles. The second-order valence-electron chi connectivity index (χ2n) is 5.32. The first kappa shape index (κ1) is 17.7. The second kappa shape index (κ2) is 8.80. The van der Waals surface area contributed by atoms with Gasteiger partial charge in [0.05, 0.1) is 0 Å². The molecule has 21 heavy (non-hydrogen) atoms. The van der Waals surface area contributed by atoms with Gasteiger partial charge in [-0.1, -0.05) is 45.1 Å². The third-order valence-electron chi connectivity index (χ3n) is 3.22. The van der Waals surface area contributed by atoms with E-state index < -0.39 is 6.36 Å². The number of rotatable bonds is 9. The number of benzene rings is 1. The zero-order chi connectivity index (χ0) is 15.7. The quantitative estimate of drug-likeness (QED) is 0.587. The van der Waals surface area contributed by atoms with Crippen LogP contribution in [0.5, 0.6) is 5.75 Å². The van der Waals surface area contributed by atoms with Gasteiger partial charge in [-0.2, -0.15) is 0 Å². The van der Waals surface area contributed by atoms with Crippen LogP contribution < -0.4 is 10.1 Å². The average molecular weight is 303 g/mol. The number of ether oxygens (including phenoxy) is 1. The Balaban J connectivity index is 2.38. The van der Waals surface area contributed by atoms with Gasteiger partial charge in [-0.15, -0.1) is 13.2 Å². The molecule has 0 spiro atoms. The van der Waals surface area contributed by atoms with Crippen LogP contribution in [0.1, 0.15) is 52.4 Å². The topological polar surface area (TPSA) is 21.3 Å². The van der Waals surface area contributed by atoms with Crippen molar-refractivity contribution in [2.24, 2.45) is 0 Å². The van der Waals surface area contributed by atoms with E-state index in [0.717, 1.165) is 12.8 Å². The van der Waals surface area contributed by atoms with Gasteiger partial charge in [-0.25, -0.2) is 0 Å². The molecule has 0 aromatic heterocycles. The Morgan fingerprint density at radius 2 is 1.86 bits per heavy atom. The summed E-state index contributed by atoms with van der Waals surface area (Å²) in [5, 5.41) is 3.21. The maximum Gasteiger partial charge on any atom is 0.573 e. The standard InChI is InChI=1S/C16H24F3NO/c1-3-4-5-6-7-9-13(2)20-14-10-8-11-15(12-14)21-16(17,18)19/h8,10-13,20H,3-7,9H2,1-2H3. The molecule has 0 saturated carbocycles. The maximum absolute atomic E-state index is 12.2. The molecule has 1 aromatic carbocycles. The molecule has 0 aliphatic rings. The molecule has 120 valence electrons. The van der Waals surface area contributed by atoms with E-state index in [-0.39, 0.29) is 11.8 Å². The van der Waals surface area contributed by atoms with Crippen LogP contribution in [-0.2, 0) is 0 Å². The van der Waals surface area contributed by atoms with Crippen molar-refractivity contribution in [1.29, 1.82) is 0 Å². The lowest BCUT2D eigenvalue weighted by Gasteiger charge is -2.16. The molecule has 1 rings (SSSR count). The van der Waals surface area contributed by atoms with Crippen molar-refractivity contribution in [1.82, 2.24) is 0 Å². The zero-order valence-electron chi connectivity index (χ0n) is 12.7. The number of hydrogen-bond acceptors (Lipinski definition) is 2. The van der Waals surface area contributed by atoms with E-state index in [4.69, 9.17) is 0 Å². The highest BCUT2D eigenvalue weighted by Gasteiger charge is 2.31. The first-order valence-corrected chi connectivity index (χ1v) is 7.53. The number of alkyl halides is 3. The van der Waals surface area contributed by atoms with Gasteiger partial charge in [0.15, 0.2) is 0 Å². The average Bonchev–Trinajstić information content (AvgIpc) is 2.37. The lowest BCUT2D eigenvalue weighted by Crippen LogP contribution is -2.18. The van der Waals surface area contributed by atoms with Crippen LogP contribution in [0.3, 0.4) is 0 Å². The summed E-state index contributed by atoms with van der Waals surface area (Å²) in [6.45, 7) is 4.22. The molecule has 0 bridgehead atoms. The molecule has 5 heteroatoms. The Morgan fingerprint density at radius 3 is 2.52 bits per heavy atom. The van der Waals surface area contributed by atoms with Crippen molar-refractivity contribution in [2.75, 3.05) is 5.32 Å². The molecule has 1 unspecified atom stereocenters.